The maximum atomic E-state index is 14.5. The second-order valence-corrected chi connectivity index (χ2v) is 15.6. The van der Waals surface area contributed by atoms with E-state index in [-0.39, 0.29) is 38.9 Å². The normalized spacial score (nSPS) is 26.8. The van der Waals surface area contributed by atoms with Gasteiger partial charge in [-0.25, -0.2) is 4.79 Å². The number of aliphatic hydroxyl groups excluding tert-OH is 1. The van der Waals surface area contributed by atoms with E-state index in [4.69, 9.17) is 16.3 Å². The fourth-order valence-corrected chi connectivity index (χ4v) is 8.20. The number of aliphatic hydroxyl groups is 1. The minimum absolute atomic E-state index is 0.0554. The van der Waals surface area contributed by atoms with Gasteiger partial charge in [0.1, 0.15) is 42.9 Å². The molecule has 6 amide bonds. The van der Waals surface area contributed by atoms with Gasteiger partial charge < -0.3 is 40.5 Å². The average molecular weight is 793 g/mol. The van der Waals surface area contributed by atoms with E-state index in [1.165, 1.54) is 21.6 Å². The van der Waals surface area contributed by atoms with Gasteiger partial charge in [-0.2, -0.15) is 0 Å². The number of hydrogen-bond acceptors (Lipinski definition) is 9. The van der Waals surface area contributed by atoms with Crippen molar-refractivity contribution in [3.8, 4) is 0 Å². The SMILES string of the molecule is Cc1cccc(C[C@H](NC(=O)Cc2ccc(Cl)cc2)C(=O)N[C@H]2COC(=O)[C@@H]3CCCN3C(=O)[C@H](C)NC(=O)[C@@H]3CCCCN3C(=O)[C@@H]3C[C@@H](O)CN3C2=O)c1. The van der Waals surface area contributed by atoms with Gasteiger partial charge in [0.2, 0.25) is 35.4 Å². The zero-order valence-electron chi connectivity index (χ0n) is 31.6. The molecule has 0 aromatic heterocycles. The summed E-state index contributed by atoms with van der Waals surface area (Å²) in [5, 5.41) is 19.5. The molecule has 0 bridgehead atoms. The molecule has 4 fully saturated rings. The van der Waals surface area contributed by atoms with E-state index in [1.807, 2.05) is 31.2 Å². The highest BCUT2D eigenvalue weighted by atomic mass is 35.5. The van der Waals surface area contributed by atoms with E-state index in [0.29, 0.717) is 42.7 Å². The quantitative estimate of drug-likeness (QED) is 0.294. The average Bonchev–Trinajstić information content (AvgIpc) is 3.83. The number of carbonyl (C=O) groups excluding carboxylic acids is 7. The van der Waals surface area contributed by atoms with Gasteiger partial charge in [-0.05, 0) is 69.2 Å². The topological polar surface area (TPSA) is 195 Å². The number of nitrogens with zero attached hydrogens (tertiary/aromatic N) is 3. The number of esters is 1. The number of fused-ring (bicyclic) bond motifs is 3. The van der Waals surface area contributed by atoms with E-state index >= 15 is 0 Å². The number of nitrogens with one attached hydrogen (secondary N) is 3. The molecule has 7 atom stereocenters. The fraction of sp³-hybridized carbons (Fsp3) is 0.525. The van der Waals surface area contributed by atoms with Crippen molar-refractivity contribution in [1.29, 1.82) is 0 Å². The summed E-state index contributed by atoms with van der Waals surface area (Å²) in [7, 11) is 0. The Morgan fingerprint density at radius 1 is 0.893 bits per heavy atom. The first-order chi connectivity index (χ1) is 26.8. The van der Waals surface area contributed by atoms with Crippen molar-refractivity contribution in [3.05, 3.63) is 70.2 Å². The van der Waals surface area contributed by atoms with Crippen LogP contribution in [0.4, 0.5) is 0 Å². The molecular weight excluding hydrogens is 744 g/mol. The summed E-state index contributed by atoms with van der Waals surface area (Å²) in [5.41, 5.74) is 2.33. The van der Waals surface area contributed by atoms with Crippen LogP contribution in [0.15, 0.2) is 48.5 Å². The van der Waals surface area contributed by atoms with Crippen LogP contribution in [0.1, 0.15) is 62.1 Å². The molecule has 16 heteroatoms. The van der Waals surface area contributed by atoms with Crippen LogP contribution in [0.5, 0.6) is 0 Å². The molecule has 2 aromatic carbocycles. The second kappa shape index (κ2) is 17.8. The van der Waals surface area contributed by atoms with E-state index in [1.54, 1.807) is 24.3 Å². The predicted molar refractivity (Wildman–Crippen MR) is 203 cm³/mol. The number of carbonyl (C=O) groups is 7. The van der Waals surface area contributed by atoms with Gasteiger partial charge in [0, 0.05) is 37.5 Å². The van der Waals surface area contributed by atoms with Crippen LogP contribution >= 0.6 is 11.6 Å². The van der Waals surface area contributed by atoms with E-state index in [9.17, 15) is 38.7 Å². The van der Waals surface area contributed by atoms with Crippen LogP contribution in [-0.4, -0.2) is 130 Å². The molecular formula is C40H49ClN6O9. The largest absolute Gasteiger partial charge is 0.461 e. The number of benzene rings is 2. The summed E-state index contributed by atoms with van der Waals surface area (Å²) in [4.78, 5) is 101. The Bertz CT molecular complexity index is 1840. The van der Waals surface area contributed by atoms with Gasteiger partial charge in [-0.15, -0.1) is 0 Å². The van der Waals surface area contributed by atoms with Crippen molar-refractivity contribution in [1.82, 2.24) is 30.7 Å². The maximum Gasteiger partial charge on any atom is 0.328 e. The minimum Gasteiger partial charge on any atom is -0.461 e. The van der Waals surface area contributed by atoms with Crippen LogP contribution in [0.25, 0.3) is 0 Å². The number of amides is 6. The molecule has 56 heavy (non-hydrogen) atoms. The smallest absolute Gasteiger partial charge is 0.328 e. The Morgan fingerprint density at radius 3 is 2.36 bits per heavy atom. The number of cyclic esters (lactones) is 1. The minimum atomic E-state index is -1.54. The lowest BCUT2D eigenvalue weighted by Gasteiger charge is -2.39. The standard InChI is InChI=1S/C40H49ClN6O9/c1-23-7-5-8-26(17-23)18-29(43-34(49)19-25-11-13-27(41)14-12-25)35(50)44-30-22-56-40(55)32-10-6-16-46(32)37(52)24(2)42-36(51)31-9-3-4-15-45(31)39(54)33-20-28(48)21-47(33)38(30)53/h5,7-8,11-14,17,24,28-33,48H,3-4,6,9-10,15-16,18-22H2,1-2H3,(H,42,51)(H,43,49)(H,44,50)/t24-,28+,29-,30-,31-,32-,33-/m0/s1. The van der Waals surface area contributed by atoms with Crippen molar-refractivity contribution >= 4 is 53.0 Å². The highest BCUT2D eigenvalue weighted by Crippen LogP contribution is 2.27. The van der Waals surface area contributed by atoms with Crippen LogP contribution in [0.2, 0.25) is 5.02 Å². The van der Waals surface area contributed by atoms with Crippen molar-refractivity contribution < 1.29 is 43.4 Å². The third kappa shape index (κ3) is 9.49. The van der Waals surface area contributed by atoms with E-state index in [0.717, 1.165) is 11.1 Å². The Labute approximate surface area is 330 Å². The van der Waals surface area contributed by atoms with Crippen molar-refractivity contribution in [3.63, 3.8) is 0 Å². The zero-order valence-corrected chi connectivity index (χ0v) is 32.3. The molecule has 0 spiro atoms. The number of ether oxygens (including phenoxy) is 1. The molecule has 4 saturated heterocycles. The van der Waals surface area contributed by atoms with Crippen LogP contribution in [0.3, 0.4) is 0 Å². The Balaban J connectivity index is 1.31. The first-order valence-electron chi connectivity index (χ1n) is 19.2. The van der Waals surface area contributed by atoms with Crippen molar-refractivity contribution in [2.45, 2.75) is 108 Å². The van der Waals surface area contributed by atoms with Gasteiger partial charge in [-0.1, -0.05) is 53.6 Å². The molecule has 15 nitrogen and oxygen atoms in total. The van der Waals surface area contributed by atoms with Crippen LogP contribution in [0, 0.1) is 6.92 Å². The molecule has 4 aliphatic rings. The lowest BCUT2D eigenvalue weighted by atomic mass is 9.99. The number of hydrogen-bond donors (Lipinski definition) is 4. The molecule has 0 radical (unpaired) electrons. The van der Waals surface area contributed by atoms with Gasteiger partial charge in [-0.3, -0.25) is 28.8 Å². The highest BCUT2D eigenvalue weighted by molar-refractivity contribution is 6.30. The maximum absolute atomic E-state index is 14.5. The molecule has 4 N–H and O–H groups in total. The first-order valence-corrected chi connectivity index (χ1v) is 19.6. The lowest BCUT2D eigenvalue weighted by molar-refractivity contribution is -0.158. The van der Waals surface area contributed by atoms with Gasteiger partial charge in [0.25, 0.3) is 0 Å². The summed E-state index contributed by atoms with van der Waals surface area (Å²) in [6.07, 6.45) is 1.20. The van der Waals surface area contributed by atoms with Gasteiger partial charge in [0.05, 0.1) is 12.5 Å². The predicted octanol–water partition coefficient (Wildman–Crippen LogP) is 0.799. The number of aryl methyl sites for hydroxylation is 1. The Hall–Kier alpha value is -5.02. The summed E-state index contributed by atoms with van der Waals surface area (Å²) in [6.45, 7) is 3.01. The molecule has 2 aromatic rings. The monoisotopic (exact) mass is 792 g/mol. The van der Waals surface area contributed by atoms with Crippen LogP contribution in [-0.2, 0) is 51.1 Å². The van der Waals surface area contributed by atoms with Gasteiger partial charge >= 0.3 is 5.97 Å². The molecule has 0 unspecified atom stereocenters. The summed E-state index contributed by atoms with van der Waals surface area (Å²) in [5.74, 6) is -4.36. The van der Waals surface area contributed by atoms with E-state index < -0.39 is 90.4 Å². The van der Waals surface area contributed by atoms with Crippen molar-refractivity contribution in [2.24, 2.45) is 0 Å². The van der Waals surface area contributed by atoms with Crippen molar-refractivity contribution in [2.75, 3.05) is 26.2 Å². The zero-order chi connectivity index (χ0) is 40.1. The number of halogens is 1. The van der Waals surface area contributed by atoms with E-state index in [2.05, 4.69) is 16.0 Å². The highest BCUT2D eigenvalue weighted by Gasteiger charge is 2.47. The number of piperidine rings is 1. The molecule has 4 heterocycles. The second-order valence-electron chi connectivity index (χ2n) is 15.2. The molecule has 0 saturated carbocycles. The fourth-order valence-electron chi connectivity index (χ4n) is 8.07. The van der Waals surface area contributed by atoms with Crippen LogP contribution < -0.4 is 16.0 Å². The third-order valence-electron chi connectivity index (χ3n) is 10.9. The Kier molecular flexibility index (Phi) is 12.9. The summed E-state index contributed by atoms with van der Waals surface area (Å²) >= 11 is 6.02. The molecule has 4 aliphatic heterocycles. The first kappa shape index (κ1) is 40.6. The molecule has 6 rings (SSSR count). The lowest BCUT2D eigenvalue weighted by Crippen LogP contribution is -2.62. The molecule has 300 valence electrons. The summed E-state index contributed by atoms with van der Waals surface area (Å²) in [6, 6.07) is 7.29. The molecule has 0 aliphatic carbocycles. The third-order valence-corrected chi connectivity index (χ3v) is 11.2. The Morgan fingerprint density at radius 2 is 1.61 bits per heavy atom. The summed E-state index contributed by atoms with van der Waals surface area (Å²) < 4.78 is 5.68. The van der Waals surface area contributed by atoms with Gasteiger partial charge in [0.15, 0.2) is 0 Å². The number of rotatable bonds is 7.